The minimum atomic E-state index is -0.680. The van der Waals surface area contributed by atoms with Crippen molar-refractivity contribution in [2.45, 2.75) is 38.3 Å². The first kappa shape index (κ1) is 15.9. The van der Waals surface area contributed by atoms with Gasteiger partial charge in [0.05, 0.1) is 6.61 Å². The van der Waals surface area contributed by atoms with E-state index in [9.17, 15) is 9.59 Å². The molecule has 0 bridgehead atoms. The monoisotopic (exact) mass is 276 g/mol. The summed E-state index contributed by atoms with van der Waals surface area (Å²) < 4.78 is 26.2. The molecule has 1 fully saturated rings. The molecule has 0 unspecified atom stereocenters. The topological polar surface area (TPSA) is 80.3 Å². The van der Waals surface area contributed by atoms with Crippen LogP contribution in [0.15, 0.2) is 0 Å². The van der Waals surface area contributed by atoms with Crippen molar-refractivity contribution in [1.29, 1.82) is 0 Å². The van der Waals surface area contributed by atoms with Crippen LogP contribution in [0.5, 0.6) is 0 Å². The Morgan fingerprint density at radius 1 is 1.11 bits per heavy atom. The van der Waals surface area contributed by atoms with E-state index in [1.54, 1.807) is 0 Å². The maximum Gasteiger partial charge on any atom is 0.303 e. The number of ether oxygens (including phenoxy) is 5. The van der Waals surface area contributed by atoms with Crippen LogP contribution >= 0.6 is 0 Å². The van der Waals surface area contributed by atoms with Crippen molar-refractivity contribution < 1.29 is 33.3 Å². The fourth-order valence-electron chi connectivity index (χ4n) is 2.00. The van der Waals surface area contributed by atoms with E-state index in [2.05, 4.69) is 0 Å². The number of rotatable bonds is 5. The maximum atomic E-state index is 11.2. The number of carbonyl (C=O) groups is 2. The van der Waals surface area contributed by atoms with Gasteiger partial charge in [0.1, 0.15) is 24.9 Å². The highest BCUT2D eigenvalue weighted by Crippen LogP contribution is 2.23. The lowest BCUT2D eigenvalue weighted by Gasteiger charge is -2.40. The first-order valence-electron chi connectivity index (χ1n) is 5.97. The third-order valence-corrected chi connectivity index (χ3v) is 2.86. The smallest absolute Gasteiger partial charge is 0.303 e. The summed E-state index contributed by atoms with van der Waals surface area (Å²) in [5.74, 6) is -0.881. The van der Waals surface area contributed by atoms with Gasteiger partial charge in [0.25, 0.3) is 0 Å². The van der Waals surface area contributed by atoms with Crippen LogP contribution in [-0.2, 0) is 33.3 Å². The summed E-state index contributed by atoms with van der Waals surface area (Å²) in [6, 6.07) is 0. The van der Waals surface area contributed by atoms with Gasteiger partial charge in [0.15, 0.2) is 6.10 Å². The number of esters is 2. The summed E-state index contributed by atoms with van der Waals surface area (Å²) in [6.07, 6.45) is -2.06. The molecule has 1 aliphatic rings. The lowest BCUT2D eigenvalue weighted by atomic mass is 10.00. The molecule has 0 aliphatic carbocycles. The van der Waals surface area contributed by atoms with Gasteiger partial charge in [-0.25, -0.2) is 0 Å². The molecule has 0 aromatic carbocycles. The summed E-state index contributed by atoms with van der Waals surface area (Å²) >= 11 is 0. The van der Waals surface area contributed by atoms with E-state index in [1.165, 1.54) is 28.1 Å². The van der Waals surface area contributed by atoms with Gasteiger partial charge in [-0.3, -0.25) is 9.59 Å². The number of carbonyl (C=O) groups excluding carboxylic acids is 2. The van der Waals surface area contributed by atoms with Gasteiger partial charge in [-0.05, 0) is 0 Å². The van der Waals surface area contributed by atoms with Crippen molar-refractivity contribution in [3.63, 3.8) is 0 Å². The average Bonchev–Trinajstić information content (AvgIpc) is 2.35. The van der Waals surface area contributed by atoms with Crippen molar-refractivity contribution >= 4 is 11.9 Å². The molecule has 0 aromatic rings. The van der Waals surface area contributed by atoms with Gasteiger partial charge in [0, 0.05) is 28.1 Å². The lowest BCUT2D eigenvalue weighted by molar-refractivity contribution is -0.225. The van der Waals surface area contributed by atoms with Crippen LogP contribution in [0.1, 0.15) is 13.8 Å². The normalized spacial score (nSPS) is 30.7. The van der Waals surface area contributed by atoms with Crippen LogP contribution in [0, 0.1) is 0 Å². The van der Waals surface area contributed by atoms with Crippen LogP contribution in [0.2, 0.25) is 0 Å². The highest BCUT2D eigenvalue weighted by Gasteiger charge is 2.43. The molecule has 0 spiro atoms. The zero-order valence-electron chi connectivity index (χ0n) is 11.6. The van der Waals surface area contributed by atoms with E-state index < -0.39 is 30.3 Å². The fourth-order valence-corrected chi connectivity index (χ4v) is 2.00. The summed E-state index contributed by atoms with van der Waals surface area (Å²) in [6.45, 7) is 2.88. The first-order valence-corrected chi connectivity index (χ1v) is 5.97. The van der Waals surface area contributed by atoms with E-state index in [1.807, 2.05) is 0 Å². The molecule has 0 saturated carbocycles. The van der Waals surface area contributed by atoms with Crippen LogP contribution in [0.25, 0.3) is 0 Å². The van der Waals surface area contributed by atoms with Gasteiger partial charge >= 0.3 is 11.9 Å². The van der Waals surface area contributed by atoms with Gasteiger partial charge < -0.3 is 23.7 Å². The Kier molecular flexibility index (Phi) is 6.20. The van der Waals surface area contributed by atoms with Crippen molar-refractivity contribution in [3.05, 3.63) is 0 Å². The molecule has 19 heavy (non-hydrogen) atoms. The Morgan fingerprint density at radius 2 is 1.79 bits per heavy atom. The van der Waals surface area contributed by atoms with Crippen molar-refractivity contribution in [1.82, 2.24) is 0 Å². The van der Waals surface area contributed by atoms with Gasteiger partial charge in [-0.15, -0.1) is 0 Å². The third-order valence-electron chi connectivity index (χ3n) is 2.86. The molecule has 1 rings (SSSR count). The zero-order valence-corrected chi connectivity index (χ0v) is 11.6. The van der Waals surface area contributed by atoms with Crippen LogP contribution in [0.3, 0.4) is 0 Å². The van der Waals surface area contributed by atoms with Crippen molar-refractivity contribution in [3.8, 4) is 0 Å². The van der Waals surface area contributed by atoms with Gasteiger partial charge in [-0.1, -0.05) is 0 Å². The zero-order chi connectivity index (χ0) is 14.4. The molecular weight excluding hydrogens is 256 g/mol. The molecule has 110 valence electrons. The molecule has 1 heterocycles. The predicted molar refractivity (Wildman–Crippen MR) is 63.5 cm³/mol. The van der Waals surface area contributed by atoms with Crippen LogP contribution in [0.4, 0.5) is 0 Å². The molecular formula is C12H20O7. The average molecular weight is 276 g/mol. The van der Waals surface area contributed by atoms with E-state index in [4.69, 9.17) is 23.7 Å². The Labute approximate surface area is 112 Å². The van der Waals surface area contributed by atoms with Crippen LogP contribution in [-0.4, -0.2) is 63.8 Å². The number of hydrogen-bond acceptors (Lipinski definition) is 7. The molecule has 0 radical (unpaired) electrons. The quantitative estimate of drug-likeness (QED) is 0.649. The van der Waals surface area contributed by atoms with E-state index in [-0.39, 0.29) is 19.3 Å². The highest BCUT2D eigenvalue weighted by atomic mass is 16.6. The third kappa shape index (κ3) is 4.45. The molecule has 1 aliphatic heterocycles. The summed E-state index contributed by atoms with van der Waals surface area (Å²) in [7, 11) is 3.03. The van der Waals surface area contributed by atoms with E-state index >= 15 is 0 Å². The molecule has 0 N–H and O–H groups in total. The predicted octanol–water partition coefficient (Wildman–Crippen LogP) is -0.0900. The largest absolute Gasteiger partial charge is 0.463 e. The summed E-state index contributed by atoms with van der Waals surface area (Å²) in [4.78, 5) is 22.0. The molecule has 4 atom stereocenters. The summed E-state index contributed by atoms with van der Waals surface area (Å²) in [5, 5.41) is 0. The Hall–Kier alpha value is -1.18. The molecule has 7 nitrogen and oxygen atoms in total. The minimum absolute atomic E-state index is 0.00355. The second-order valence-electron chi connectivity index (χ2n) is 4.22. The lowest BCUT2D eigenvalue weighted by Crippen LogP contribution is -2.57. The second kappa shape index (κ2) is 7.42. The molecule has 0 aromatic heterocycles. The Bertz CT molecular complexity index is 317. The first-order chi connectivity index (χ1) is 8.99. The number of methoxy groups -OCH3 is 2. The molecule has 7 heteroatoms. The van der Waals surface area contributed by atoms with Gasteiger partial charge in [-0.2, -0.15) is 0 Å². The number of hydrogen-bond donors (Lipinski definition) is 0. The van der Waals surface area contributed by atoms with Gasteiger partial charge in [0.2, 0.25) is 0 Å². The Balaban J connectivity index is 2.77. The standard InChI is InChI=1S/C12H20O7/c1-7(13)17-6-10-12(19-8(2)14)11(16-4)9(15-3)5-18-10/h9-12H,5-6H2,1-4H3/t9-,10-,11-,12-/m1/s1. The highest BCUT2D eigenvalue weighted by molar-refractivity contribution is 5.66. The van der Waals surface area contributed by atoms with Crippen molar-refractivity contribution in [2.24, 2.45) is 0 Å². The van der Waals surface area contributed by atoms with E-state index in [0.717, 1.165) is 0 Å². The van der Waals surface area contributed by atoms with Crippen molar-refractivity contribution in [2.75, 3.05) is 27.4 Å². The van der Waals surface area contributed by atoms with Crippen LogP contribution < -0.4 is 0 Å². The van der Waals surface area contributed by atoms with E-state index in [0.29, 0.717) is 0 Å². The second-order valence-corrected chi connectivity index (χ2v) is 4.22. The SMILES string of the molecule is CO[C@H]1[C@H](OC(C)=O)[C@@H](COC(C)=O)OC[C@H]1OC. The fraction of sp³-hybridized carbons (Fsp3) is 0.833. The Morgan fingerprint density at radius 3 is 2.26 bits per heavy atom. The molecule has 0 amide bonds. The maximum absolute atomic E-state index is 11.2. The molecule has 1 saturated heterocycles. The summed E-state index contributed by atoms with van der Waals surface area (Å²) in [5.41, 5.74) is 0. The minimum Gasteiger partial charge on any atom is -0.463 e.